The minimum atomic E-state index is -0.198. The maximum atomic E-state index is 12.9. The predicted octanol–water partition coefficient (Wildman–Crippen LogP) is 4.71. The van der Waals surface area contributed by atoms with Crippen LogP contribution in [0, 0.1) is 0 Å². The van der Waals surface area contributed by atoms with Crippen LogP contribution in [0.1, 0.15) is 42.4 Å². The normalized spacial score (nSPS) is 18.6. The molecule has 1 aliphatic rings. The number of halogens is 1. The van der Waals surface area contributed by atoms with Crippen molar-refractivity contribution >= 4 is 23.2 Å². The van der Waals surface area contributed by atoms with Crippen molar-refractivity contribution in [3.63, 3.8) is 0 Å². The molecule has 0 unspecified atom stereocenters. The van der Waals surface area contributed by atoms with Gasteiger partial charge in [0.25, 0.3) is 5.91 Å². The number of fused-ring (bicyclic) bond motifs is 1. The van der Waals surface area contributed by atoms with E-state index in [2.05, 4.69) is 19.2 Å². The summed E-state index contributed by atoms with van der Waals surface area (Å²) in [5.41, 5.74) is 2.59. The summed E-state index contributed by atoms with van der Waals surface area (Å²) in [5.74, 6) is 0.0636. The smallest absolute Gasteiger partial charge is 0.258 e. The lowest BCUT2D eigenvalue weighted by molar-refractivity contribution is 0.0593. The van der Waals surface area contributed by atoms with Gasteiger partial charge in [0.1, 0.15) is 6.17 Å². The lowest BCUT2D eigenvalue weighted by atomic mass is 10.0. The fourth-order valence-corrected chi connectivity index (χ4v) is 3.04. The van der Waals surface area contributed by atoms with Gasteiger partial charge in [0.2, 0.25) is 0 Å². The number of carbonyl (C=O) groups excluding carboxylic acids is 1. The molecule has 2 atom stereocenters. The van der Waals surface area contributed by atoms with Gasteiger partial charge in [-0.2, -0.15) is 0 Å². The lowest BCUT2D eigenvalue weighted by Gasteiger charge is -2.41. The van der Waals surface area contributed by atoms with E-state index in [1.54, 1.807) is 0 Å². The predicted molar refractivity (Wildman–Crippen MR) is 90.2 cm³/mol. The van der Waals surface area contributed by atoms with Crippen molar-refractivity contribution in [3.8, 4) is 0 Å². The number of anilines is 1. The first-order chi connectivity index (χ1) is 10.6. The molecule has 0 radical (unpaired) electrons. The van der Waals surface area contributed by atoms with Crippen molar-refractivity contribution in [2.75, 3.05) is 5.32 Å². The van der Waals surface area contributed by atoms with Crippen LogP contribution in [0.25, 0.3) is 0 Å². The Balaban J connectivity index is 2.09. The van der Waals surface area contributed by atoms with Crippen LogP contribution in [0.2, 0.25) is 5.02 Å². The molecule has 3 rings (SSSR count). The molecule has 2 aromatic carbocycles. The number of rotatable bonds is 3. The minimum Gasteiger partial charge on any atom is -0.361 e. The highest BCUT2D eigenvalue weighted by molar-refractivity contribution is 6.30. The standard InChI is InChI=1S/C18H19ClN2O/c1-3-12(2)21-17(13-7-6-8-14(19)11-13)20-16-10-5-4-9-15(16)18(21)22/h4-12,17,20H,3H2,1-2H3/t12-,17-/m0/s1. The summed E-state index contributed by atoms with van der Waals surface area (Å²) >= 11 is 6.13. The number of para-hydroxylation sites is 1. The maximum Gasteiger partial charge on any atom is 0.258 e. The first-order valence-corrected chi connectivity index (χ1v) is 7.93. The number of nitrogens with one attached hydrogen (secondary N) is 1. The monoisotopic (exact) mass is 314 g/mol. The van der Waals surface area contributed by atoms with Crippen LogP contribution < -0.4 is 5.32 Å². The number of carbonyl (C=O) groups is 1. The Morgan fingerprint density at radius 1 is 1.23 bits per heavy atom. The van der Waals surface area contributed by atoms with Gasteiger partial charge in [-0.05, 0) is 43.2 Å². The summed E-state index contributed by atoms with van der Waals surface area (Å²) in [6.45, 7) is 4.17. The Morgan fingerprint density at radius 3 is 2.73 bits per heavy atom. The summed E-state index contributed by atoms with van der Waals surface area (Å²) in [7, 11) is 0. The van der Waals surface area contributed by atoms with E-state index in [-0.39, 0.29) is 18.1 Å². The van der Waals surface area contributed by atoms with E-state index in [0.717, 1.165) is 23.2 Å². The number of hydrogen-bond donors (Lipinski definition) is 1. The third-order valence-electron chi connectivity index (χ3n) is 4.19. The molecule has 1 N–H and O–H groups in total. The largest absolute Gasteiger partial charge is 0.361 e. The van der Waals surface area contributed by atoms with Gasteiger partial charge in [-0.15, -0.1) is 0 Å². The third kappa shape index (κ3) is 2.57. The highest BCUT2D eigenvalue weighted by Crippen LogP contribution is 2.35. The van der Waals surface area contributed by atoms with Gasteiger partial charge in [-0.3, -0.25) is 4.79 Å². The molecular formula is C18H19ClN2O. The summed E-state index contributed by atoms with van der Waals surface area (Å²) in [4.78, 5) is 14.8. The second-order valence-corrected chi connectivity index (χ2v) is 6.05. The molecule has 0 aliphatic carbocycles. The van der Waals surface area contributed by atoms with E-state index in [4.69, 9.17) is 11.6 Å². The molecule has 0 spiro atoms. The summed E-state index contributed by atoms with van der Waals surface area (Å²) in [5, 5.41) is 4.16. The van der Waals surface area contributed by atoms with E-state index in [1.807, 2.05) is 53.4 Å². The SMILES string of the molecule is CC[C@H](C)N1C(=O)c2ccccc2N[C@@H]1c1cccc(Cl)c1. The fraction of sp³-hybridized carbons (Fsp3) is 0.278. The van der Waals surface area contributed by atoms with E-state index in [1.165, 1.54) is 0 Å². The molecule has 114 valence electrons. The first-order valence-electron chi connectivity index (χ1n) is 7.55. The summed E-state index contributed by atoms with van der Waals surface area (Å²) < 4.78 is 0. The fourth-order valence-electron chi connectivity index (χ4n) is 2.84. The Bertz CT molecular complexity index is 701. The topological polar surface area (TPSA) is 32.3 Å². The highest BCUT2D eigenvalue weighted by Gasteiger charge is 2.35. The molecule has 3 nitrogen and oxygen atoms in total. The van der Waals surface area contributed by atoms with Crippen LogP contribution in [0.3, 0.4) is 0 Å². The minimum absolute atomic E-state index is 0.0636. The van der Waals surface area contributed by atoms with Crippen molar-refractivity contribution < 1.29 is 4.79 Å². The number of amides is 1. The zero-order valence-electron chi connectivity index (χ0n) is 12.7. The Morgan fingerprint density at radius 2 is 2.00 bits per heavy atom. The van der Waals surface area contributed by atoms with Crippen molar-refractivity contribution in [2.24, 2.45) is 0 Å². The second kappa shape index (κ2) is 6.01. The van der Waals surface area contributed by atoms with Crippen LogP contribution in [-0.2, 0) is 0 Å². The van der Waals surface area contributed by atoms with Crippen LogP contribution in [0.5, 0.6) is 0 Å². The molecule has 2 aromatic rings. The molecule has 1 aliphatic heterocycles. The van der Waals surface area contributed by atoms with Crippen LogP contribution in [0.4, 0.5) is 5.69 Å². The summed E-state index contributed by atoms with van der Waals surface area (Å²) in [6.07, 6.45) is 0.697. The van der Waals surface area contributed by atoms with Gasteiger partial charge >= 0.3 is 0 Å². The molecular weight excluding hydrogens is 296 g/mol. The molecule has 0 saturated heterocycles. The van der Waals surface area contributed by atoms with E-state index < -0.39 is 0 Å². The molecule has 0 aromatic heterocycles. The Kier molecular flexibility index (Phi) is 4.08. The Hall–Kier alpha value is -2.00. The van der Waals surface area contributed by atoms with Gasteiger partial charge in [0, 0.05) is 16.8 Å². The summed E-state index contributed by atoms with van der Waals surface area (Å²) in [6, 6.07) is 15.5. The average molecular weight is 315 g/mol. The van der Waals surface area contributed by atoms with Crippen LogP contribution in [-0.4, -0.2) is 16.8 Å². The van der Waals surface area contributed by atoms with Gasteiger partial charge in [0.15, 0.2) is 0 Å². The molecule has 1 amide bonds. The van der Waals surface area contributed by atoms with E-state index >= 15 is 0 Å². The van der Waals surface area contributed by atoms with Crippen molar-refractivity contribution in [3.05, 3.63) is 64.7 Å². The van der Waals surface area contributed by atoms with Gasteiger partial charge in [-0.1, -0.05) is 42.8 Å². The van der Waals surface area contributed by atoms with Gasteiger partial charge in [0.05, 0.1) is 5.56 Å². The second-order valence-electron chi connectivity index (χ2n) is 5.62. The zero-order valence-corrected chi connectivity index (χ0v) is 13.5. The molecule has 0 fully saturated rings. The zero-order chi connectivity index (χ0) is 15.7. The van der Waals surface area contributed by atoms with Crippen LogP contribution >= 0.6 is 11.6 Å². The highest BCUT2D eigenvalue weighted by atomic mass is 35.5. The van der Waals surface area contributed by atoms with Crippen molar-refractivity contribution in [1.29, 1.82) is 0 Å². The molecule has 0 saturated carbocycles. The van der Waals surface area contributed by atoms with E-state index in [0.29, 0.717) is 5.02 Å². The van der Waals surface area contributed by atoms with Gasteiger partial charge in [-0.25, -0.2) is 0 Å². The quantitative estimate of drug-likeness (QED) is 0.890. The van der Waals surface area contributed by atoms with Crippen molar-refractivity contribution in [1.82, 2.24) is 4.90 Å². The van der Waals surface area contributed by atoms with Crippen LogP contribution in [0.15, 0.2) is 48.5 Å². The molecule has 1 heterocycles. The van der Waals surface area contributed by atoms with Crippen molar-refractivity contribution in [2.45, 2.75) is 32.5 Å². The number of nitrogens with zero attached hydrogens (tertiary/aromatic N) is 1. The van der Waals surface area contributed by atoms with Gasteiger partial charge < -0.3 is 10.2 Å². The molecule has 4 heteroatoms. The maximum absolute atomic E-state index is 12.9. The molecule has 22 heavy (non-hydrogen) atoms. The third-order valence-corrected chi connectivity index (χ3v) is 4.43. The Labute approximate surface area is 135 Å². The number of hydrogen-bond acceptors (Lipinski definition) is 2. The van der Waals surface area contributed by atoms with E-state index in [9.17, 15) is 4.79 Å². The molecule has 0 bridgehead atoms. The average Bonchev–Trinajstić information content (AvgIpc) is 2.54. The lowest BCUT2D eigenvalue weighted by Crippen LogP contribution is -2.47. The number of benzene rings is 2. The first kappa shape index (κ1) is 14.9.